The van der Waals surface area contributed by atoms with Gasteiger partial charge in [0, 0.05) is 104 Å². The predicted molar refractivity (Wildman–Crippen MR) is 536 cm³/mol. The van der Waals surface area contributed by atoms with Crippen molar-refractivity contribution in [3.05, 3.63) is 35.9 Å². The second-order valence-corrected chi connectivity index (χ2v) is 39.7. The maximum absolute atomic E-state index is 12.1. The molecule has 0 fully saturated rings. The highest BCUT2D eigenvalue weighted by Crippen LogP contribution is 2.34. The number of Topliss-reactive ketones (excluding diaryl/α,β-unsaturated/α-hetero) is 9. The molecule has 0 unspecified atom stereocenters. The molecular formula is C106H186O30S. The van der Waals surface area contributed by atoms with Crippen LogP contribution in [-0.4, -0.2) is 221 Å². The minimum atomic E-state index is -0.657. The summed E-state index contributed by atoms with van der Waals surface area (Å²) in [6.45, 7) is 58.3. The van der Waals surface area contributed by atoms with Crippen LogP contribution in [0.1, 0.15) is 303 Å². The number of ether oxygens (including phenoxy) is 12. The summed E-state index contributed by atoms with van der Waals surface area (Å²) in [6, 6.07) is 9.36. The van der Waals surface area contributed by atoms with E-state index < -0.39 is 29.3 Å². The van der Waals surface area contributed by atoms with E-state index in [2.05, 4.69) is 42.6 Å². The van der Waals surface area contributed by atoms with Crippen LogP contribution in [0.3, 0.4) is 0 Å². The molecule has 1 aromatic rings. The summed E-state index contributed by atoms with van der Waals surface area (Å²) >= 11 is 1.69. The molecule has 137 heavy (non-hydrogen) atoms. The molecule has 0 radical (unpaired) electrons. The number of carbonyl (C=O) groups excluding carboxylic acids is 18. The maximum atomic E-state index is 12.1. The summed E-state index contributed by atoms with van der Waals surface area (Å²) in [7, 11) is 16.7. The van der Waals surface area contributed by atoms with Gasteiger partial charge in [-0.15, -0.1) is 0 Å². The van der Waals surface area contributed by atoms with Crippen molar-refractivity contribution in [1.82, 2.24) is 0 Å². The van der Waals surface area contributed by atoms with Crippen LogP contribution < -0.4 is 0 Å². The van der Waals surface area contributed by atoms with Crippen LogP contribution >= 0.6 is 11.8 Å². The largest absolute Gasteiger partial charge is 0.469 e. The van der Waals surface area contributed by atoms with Crippen molar-refractivity contribution < 1.29 is 143 Å². The SMILES string of the molecule is CC[C@@H](C)[C@H](CC(=O)OC)C(=O)C(C)C.CC[C@H](C)[C@H](CC(=O)OC)C(=O)C(C)C.COC(=O)C[C@H](C(=O)C(C)C)C(C)(C)C.COC(=O)C[C@H](C(=O)C(C)C)C(C)(C)OC.COC(=O)C[C@H](C(=O)C(C)C)C(C)C.COC(=O)C[C@H](C(=O)C(C)C)[C@@H](C)OC.COC(=O)C[C@H](C(=O)C(C)C)[C@H](C)OC.COC(=O)C[C@H](C(=O)C(C)C)c1ccccc1.COC(=O)C[C@H](CCSC)C(=O)C(C)C. The fraction of sp³-hybridized carbons (Fsp3) is 0.774. The topological polar surface area (TPSA) is 418 Å². The normalized spacial score (nSPS) is 13.8. The van der Waals surface area contributed by atoms with Gasteiger partial charge in [-0.2, -0.15) is 11.8 Å². The van der Waals surface area contributed by atoms with Gasteiger partial charge in [0.15, 0.2) is 0 Å². The average Bonchev–Trinajstić information content (AvgIpc) is 0.823. The first-order valence-electron chi connectivity index (χ1n) is 47.8. The summed E-state index contributed by atoms with van der Waals surface area (Å²) < 4.78 is 56.9. The molecule has 30 nitrogen and oxygen atoms in total. The van der Waals surface area contributed by atoms with E-state index in [-0.39, 0.29) is 282 Å². The van der Waals surface area contributed by atoms with E-state index >= 15 is 0 Å². The molecule has 0 spiro atoms. The maximum Gasteiger partial charge on any atom is 0.306 e. The number of benzene rings is 1. The lowest BCUT2D eigenvalue weighted by molar-refractivity contribution is -0.151. The summed E-state index contributed by atoms with van der Waals surface area (Å²) in [6.07, 6.45) is 5.39. The Morgan fingerprint density at radius 3 is 0.774 bits per heavy atom. The fourth-order valence-electron chi connectivity index (χ4n) is 13.2. The first-order chi connectivity index (χ1) is 63.2. The molecule has 796 valence electrons. The molecule has 31 heteroatoms. The van der Waals surface area contributed by atoms with Gasteiger partial charge in [-0.3, -0.25) is 86.3 Å². The molecule has 0 aliphatic carbocycles. The molecule has 0 bridgehead atoms. The standard InChI is InChI=1S/C14H18O3.C12H22O4.3C12H22O3.2C11H20O4.C11H20O3S.C11H20O3/c1-10(2)14(16)12(9-13(15)17-3)11-7-5-4-6-8-11;1-8(2)11(14)9(7-10(13)15-5)12(3,4)16-6;1-8(2)11(14)9(12(3,4)5)7-10(13)15-6;2*1-6-9(4)10(7-11(13)15-5)12(14)8(2)3;2*1-7(2)11(13)9(8(3)14-4)6-10(12)15-5;1-8(2)11(13)9(5-6-15-4)7-10(12)14-3;1-7(2)9(6-10(12)14-5)11(13)8(3)4/h4-8,10,12H,9H2,1-3H3;8-9H,7H2,1-6H3;8-9H,7H2,1-6H3;2*8-10H,6-7H2,1-5H3;2*7-9H,6H2,1-5H3;8-9H,5-7H2,1-4H3;7-9H,6H2,1-5H3/t12-;2*9-;9-,10+;9-,10-;8-,9+;8-,9-;2*9-/m011101000/s1. The van der Waals surface area contributed by atoms with Gasteiger partial charge in [0.2, 0.25) is 0 Å². The lowest BCUT2D eigenvalue weighted by Gasteiger charge is -2.32. The Bertz CT molecular complexity index is 3460. The minimum Gasteiger partial charge on any atom is -0.469 e. The molecule has 0 amide bonds. The van der Waals surface area contributed by atoms with E-state index in [9.17, 15) is 86.3 Å². The van der Waals surface area contributed by atoms with E-state index in [4.69, 9.17) is 14.2 Å². The molecular weight excluding hydrogens is 1790 g/mol. The van der Waals surface area contributed by atoms with E-state index in [0.717, 1.165) is 30.6 Å². The zero-order valence-corrected chi connectivity index (χ0v) is 93.3. The van der Waals surface area contributed by atoms with Crippen molar-refractivity contribution in [2.45, 2.75) is 315 Å². The second-order valence-electron chi connectivity index (χ2n) is 38.7. The highest BCUT2D eigenvalue weighted by molar-refractivity contribution is 7.98. The van der Waals surface area contributed by atoms with Crippen LogP contribution in [-0.2, 0) is 143 Å². The third-order valence-electron chi connectivity index (χ3n) is 23.5. The summed E-state index contributed by atoms with van der Waals surface area (Å²) in [5.74, 6) is -3.77. The first kappa shape index (κ1) is 144. The second kappa shape index (κ2) is 79.4. The van der Waals surface area contributed by atoms with Crippen LogP contribution in [0.2, 0.25) is 0 Å². The van der Waals surface area contributed by atoms with E-state index in [1.54, 1.807) is 39.5 Å². The van der Waals surface area contributed by atoms with E-state index in [1.165, 1.54) is 85.3 Å². The van der Waals surface area contributed by atoms with Crippen molar-refractivity contribution in [3.63, 3.8) is 0 Å². The number of rotatable bonds is 51. The third-order valence-corrected chi connectivity index (χ3v) is 24.2. The Kier molecular flexibility index (Phi) is 83.5. The van der Waals surface area contributed by atoms with Gasteiger partial charge in [0.05, 0.1) is 163 Å². The summed E-state index contributed by atoms with van der Waals surface area (Å²) in [4.78, 5) is 208. The fourth-order valence-corrected chi connectivity index (χ4v) is 13.7. The summed E-state index contributed by atoms with van der Waals surface area (Å²) in [5.41, 5.74) is 0.0158. The number of hydrogen-bond acceptors (Lipinski definition) is 31. The quantitative estimate of drug-likeness (QED) is 0.0432. The first-order valence-corrected chi connectivity index (χ1v) is 49.2. The molecule has 0 saturated heterocycles. The van der Waals surface area contributed by atoms with Crippen LogP contribution in [0.4, 0.5) is 0 Å². The molecule has 0 saturated carbocycles. The van der Waals surface area contributed by atoms with Gasteiger partial charge < -0.3 is 56.8 Å². The average molecular weight is 1970 g/mol. The molecule has 0 N–H and O–H groups in total. The third kappa shape index (κ3) is 64.6. The number of hydrogen-bond donors (Lipinski definition) is 0. The number of carbonyl (C=O) groups is 18. The van der Waals surface area contributed by atoms with Crippen molar-refractivity contribution in [2.24, 2.45) is 124 Å². The van der Waals surface area contributed by atoms with E-state index in [1.807, 2.05) is 224 Å². The molecule has 0 heterocycles. The number of methoxy groups -OCH3 is 12. The Hall–Kier alpha value is -8.29. The Morgan fingerprint density at radius 2 is 0.526 bits per heavy atom. The van der Waals surface area contributed by atoms with Gasteiger partial charge in [-0.1, -0.05) is 230 Å². The molecule has 0 aromatic heterocycles. The number of thioether (sulfide) groups is 1. The van der Waals surface area contributed by atoms with Gasteiger partial charge >= 0.3 is 53.7 Å². The highest BCUT2D eigenvalue weighted by atomic mass is 32.2. The van der Waals surface area contributed by atoms with Gasteiger partial charge in [0.1, 0.15) is 52.0 Å². The number of esters is 9. The molecule has 0 aliphatic rings. The van der Waals surface area contributed by atoms with Crippen molar-refractivity contribution >= 4 is 118 Å². The Labute approximate surface area is 828 Å². The monoisotopic (exact) mass is 1970 g/mol. The van der Waals surface area contributed by atoms with Crippen LogP contribution in [0.25, 0.3) is 0 Å². The Morgan fingerprint density at radius 1 is 0.285 bits per heavy atom. The van der Waals surface area contributed by atoms with Gasteiger partial charge in [-0.05, 0) is 74.9 Å². The van der Waals surface area contributed by atoms with Crippen molar-refractivity contribution in [1.29, 1.82) is 0 Å². The number of ketones is 9. The highest BCUT2D eigenvalue weighted by Gasteiger charge is 2.40. The minimum absolute atomic E-state index is 0.0125. The molecule has 1 aromatic carbocycles. The van der Waals surface area contributed by atoms with Crippen LogP contribution in [0, 0.1) is 124 Å². The zero-order chi connectivity index (χ0) is 109. The van der Waals surface area contributed by atoms with Crippen LogP contribution in [0.15, 0.2) is 30.3 Å². The van der Waals surface area contributed by atoms with E-state index in [0.29, 0.717) is 0 Å². The zero-order valence-electron chi connectivity index (χ0n) is 92.5. The molecule has 1 rings (SSSR count). The van der Waals surface area contributed by atoms with Crippen molar-refractivity contribution in [3.8, 4) is 0 Å². The molecule has 0 aliphatic heterocycles. The summed E-state index contributed by atoms with van der Waals surface area (Å²) in [5, 5.41) is 0. The lowest BCUT2D eigenvalue weighted by atomic mass is 9.74. The van der Waals surface area contributed by atoms with Crippen molar-refractivity contribution in [2.75, 3.05) is 97.3 Å². The molecule has 13 atom stereocenters. The smallest absolute Gasteiger partial charge is 0.306 e. The van der Waals surface area contributed by atoms with Crippen LogP contribution in [0.5, 0.6) is 0 Å². The Balaban J connectivity index is -0.000000228. The predicted octanol–water partition coefficient (Wildman–Crippen LogP) is 18.7. The van der Waals surface area contributed by atoms with Gasteiger partial charge in [0.25, 0.3) is 0 Å². The van der Waals surface area contributed by atoms with Gasteiger partial charge in [-0.25, -0.2) is 0 Å². The lowest BCUT2D eigenvalue weighted by Crippen LogP contribution is -2.42.